The predicted octanol–water partition coefficient (Wildman–Crippen LogP) is 2.35. The molecule has 2 aromatic rings. The van der Waals surface area contributed by atoms with E-state index in [-0.39, 0.29) is 34.1 Å². The minimum atomic E-state index is -4.19. The van der Waals surface area contributed by atoms with E-state index in [4.69, 9.17) is 4.74 Å². The van der Waals surface area contributed by atoms with E-state index in [1.807, 2.05) is 0 Å². The van der Waals surface area contributed by atoms with Crippen LogP contribution >= 0.6 is 0 Å². The van der Waals surface area contributed by atoms with Crippen molar-refractivity contribution >= 4 is 22.0 Å². The minimum absolute atomic E-state index is 0.0161. The van der Waals surface area contributed by atoms with Crippen LogP contribution in [0, 0.1) is 0 Å². The average molecular weight is 459 g/mol. The number of halogens is 2. The molecule has 0 unspecified atom stereocenters. The van der Waals surface area contributed by atoms with Crippen molar-refractivity contribution in [2.45, 2.75) is 18.1 Å². The highest BCUT2D eigenvalue weighted by atomic mass is 32.2. The molecule has 0 aromatic heterocycles. The van der Waals surface area contributed by atoms with E-state index in [0.717, 1.165) is 32.4 Å². The molecule has 0 fully saturated rings. The van der Waals surface area contributed by atoms with Crippen LogP contribution in [0.4, 0.5) is 8.78 Å². The van der Waals surface area contributed by atoms with E-state index in [9.17, 15) is 26.8 Å². The highest BCUT2D eigenvalue weighted by Gasteiger charge is 2.21. The first kappa shape index (κ1) is 24.0. The summed E-state index contributed by atoms with van der Waals surface area (Å²) >= 11 is 0. The molecule has 9 nitrogen and oxygen atoms in total. The molecule has 2 aromatic carbocycles. The summed E-state index contributed by atoms with van der Waals surface area (Å²) in [5, 5.41) is 0. The quantitative estimate of drug-likeness (QED) is 0.568. The molecule has 168 valence electrons. The van der Waals surface area contributed by atoms with Gasteiger partial charge in [0, 0.05) is 6.54 Å². The molecular weight excluding hydrogens is 440 g/mol. The van der Waals surface area contributed by atoms with E-state index in [1.165, 1.54) is 25.3 Å². The fourth-order valence-corrected chi connectivity index (χ4v) is 3.59. The number of carbonyl (C=O) groups is 2. The molecule has 0 radical (unpaired) electrons. The van der Waals surface area contributed by atoms with Gasteiger partial charge in [-0.1, -0.05) is 6.07 Å². The number of rotatable bonds is 9. The fourth-order valence-electron chi connectivity index (χ4n) is 2.50. The van der Waals surface area contributed by atoms with Crippen molar-refractivity contribution in [2.24, 2.45) is 0 Å². The van der Waals surface area contributed by atoms with E-state index >= 15 is 0 Å². The van der Waals surface area contributed by atoms with Crippen molar-refractivity contribution < 1.29 is 45.7 Å². The number of ether oxygens (including phenoxy) is 4. The molecule has 0 atom stereocenters. The Hall–Kier alpha value is -3.25. The second-order valence-corrected chi connectivity index (χ2v) is 7.68. The topological polar surface area (TPSA) is 117 Å². The maximum absolute atomic E-state index is 12.7. The summed E-state index contributed by atoms with van der Waals surface area (Å²) < 4.78 is 71.0. The molecule has 0 bridgehead atoms. The molecule has 0 amide bonds. The van der Waals surface area contributed by atoms with E-state index < -0.39 is 28.6 Å². The van der Waals surface area contributed by atoms with E-state index in [0.29, 0.717) is 5.56 Å². The zero-order valence-electron chi connectivity index (χ0n) is 16.7. The first-order valence-corrected chi connectivity index (χ1v) is 10.0. The van der Waals surface area contributed by atoms with Gasteiger partial charge in [0.15, 0.2) is 11.5 Å². The lowest BCUT2D eigenvalue weighted by atomic mass is 10.1. The van der Waals surface area contributed by atoms with Crippen LogP contribution in [0.25, 0.3) is 0 Å². The number of hydrogen-bond donors (Lipinski definition) is 1. The number of benzene rings is 2. The monoisotopic (exact) mass is 459 g/mol. The van der Waals surface area contributed by atoms with Gasteiger partial charge in [0.1, 0.15) is 0 Å². The maximum Gasteiger partial charge on any atom is 0.387 e. The van der Waals surface area contributed by atoms with Gasteiger partial charge in [-0.15, -0.1) is 0 Å². The van der Waals surface area contributed by atoms with E-state index in [1.54, 1.807) is 0 Å². The summed E-state index contributed by atoms with van der Waals surface area (Å²) in [6, 6.07) is 7.13. The third-order valence-electron chi connectivity index (χ3n) is 3.97. The van der Waals surface area contributed by atoms with Crippen LogP contribution < -0.4 is 14.2 Å². The van der Waals surface area contributed by atoms with Crippen LogP contribution in [0.3, 0.4) is 0 Å². The van der Waals surface area contributed by atoms with Gasteiger partial charge in [-0.05, 0) is 35.9 Å². The zero-order valence-corrected chi connectivity index (χ0v) is 17.5. The van der Waals surface area contributed by atoms with Crippen molar-refractivity contribution in [1.29, 1.82) is 0 Å². The zero-order chi connectivity index (χ0) is 23.2. The van der Waals surface area contributed by atoms with Gasteiger partial charge < -0.3 is 18.9 Å². The number of carbonyl (C=O) groups excluding carboxylic acids is 2. The molecule has 0 saturated heterocycles. The Kier molecular flexibility index (Phi) is 7.89. The molecule has 0 spiro atoms. The Morgan fingerprint density at radius 2 is 1.52 bits per heavy atom. The largest absolute Gasteiger partial charge is 0.493 e. The number of nitrogens with one attached hydrogen (secondary N) is 1. The Balaban J connectivity index is 2.32. The third-order valence-corrected chi connectivity index (χ3v) is 5.35. The normalized spacial score (nSPS) is 11.2. The summed E-state index contributed by atoms with van der Waals surface area (Å²) in [4.78, 5) is 23.3. The Morgan fingerprint density at radius 1 is 0.935 bits per heavy atom. The maximum atomic E-state index is 12.7. The number of esters is 2. The highest BCUT2D eigenvalue weighted by molar-refractivity contribution is 7.89. The van der Waals surface area contributed by atoms with Gasteiger partial charge in [-0.2, -0.15) is 8.78 Å². The highest BCUT2D eigenvalue weighted by Crippen LogP contribution is 2.29. The first-order chi connectivity index (χ1) is 14.6. The number of alkyl halides is 2. The van der Waals surface area contributed by atoms with Crippen molar-refractivity contribution in [3.05, 3.63) is 53.1 Å². The molecule has 2 rings (SSSR count). The van der Waals surface area contributed by atoms with Crippen molar-refractivity contribution in [3.8, 4) is 11.5 Å². The summed E-state index contributed by atoms with van der Waals surface area (Å²) in [6.45, 7) is -3.30. The molecule has 0 heterocycles. The average Bonchev–Trinajstić information content (AvgIpc) is 2.76. The third kappa shape index (κ3) is 6.12. The van der Waals surface area contributed by atoms with Crippen LogP contribution in [0.2, 0.25) is 0 Å². The number of methoxy groups -OCH3 is 3. The van der Waals surface area contributed by atoms with Crippen molar-refractivity contribution in [3.63, 3.8) is 0 Å². The molecule has 12 heteroatoms. The number of hydrogen-bond acceptors (Lipinski definition) is 8. The van der Waals surface area contributed by atoms with Gasteiger partial charge in [0.25, 0.3) is 0 Å². The SMILES string of the molecule is COC(=O)c1cc(C(=O)OC)cc(S(=O)(=O)NCc2ccc(OC(F)F)c(OC)c2)c1. The fraction of sp³-hybridized carbons (Fsp3) is 0.263. The summed E-state index contributed by atoms with van der Waals surface area (Å²) in [7, 11) is -0.738. The lowest BCUT2D eigenvalue weighted by Gasteiger charge is -2.13. The standard InChI is InChI=1S/C19H19F2NO8S/c1-27-16-6-11(4-5-15(16)30-19(20)21)10-22-31(25,26)14-8-12(17(23)28-2)7-13(9-14)18(24)29-3/h4-9,19,22H,10H2,1-3H3. The summed E-state index contributed by atoms with van der Waals surface area (Å²) in [6.07, 6.45) is 0. The molecule has 0 aliphatic rings. The molecule has 1 N–H and O–H groups in total. The van der Waals surface area contributed by atoms with Crippen molar-refractivity contribution in [2.75, 3.05) is 21.3 Å². The lowest BCUT2D eigenvalue weighted by molar-refractivity contribution is -0.0512. The predicted molar refractivity (Wildman–Crippen MR) is 103 cm³/mol. The van der Waals surface area contributed by atoms with Gasteiger partial charge in [-0.25, -0.2) is 22.7 Å². The van der Waals surface area contributed by atoms with Crippen molar-refractivity contribution in [1.82, 2.24) is 4.72 Å². The molecule has 0 aliphatic heterocycles. The summed E-state index contributed by atoms with van der Waals surface area (Å²) in [5.74, 6) is -1.92. The Bertz CT molecular complexity index is 1040. The first-order valence-electron chi connectivity index (χ1n) is 8.54. The van der Waals surface area contributed by atoms with Crippen LogP contribution in [0.5, 0.6) is 11.5 Å². The molecule has 0 aliphatic carbocycles. The Morgan fingerprint density at radius 3 is 2.00 bits per heavy atom. The van der Waals surface area contributed by atoms with E-state index in [2.05, 4.69) is 18.9 Å². The second-order valence-electron chi connectivity index (χ2n) is 5.92. The second kappa shape index (κ2) is 10.2. The Labute approximate surface area is 176 Å². The summed E-state index contributed by atoms with van der Waals surface area (Å²) in [5.41, 5.74) is 0.0428. The van der Waals surface area contributed by atoms with Crippen LogP contribution in [-0.4, -0.2) is 48.3 Å². The molecular formula is C19H19F2NO8S. The van der Waals surface area contributed by atoms with Gasteiger partial charge in [0.05, 0.1) is 37.4 Å². The minimum Gasteiger partial charge on any atom is -0.493 e. The van der Waals surface area contributed by atoms with Gasteiger partial charge >= 0.3 is 18.6 Å². The molecule has 31 heavy (non-hydrogen) atoms. The lowest BCUT2D eigenvalue weighted by Crippen LogP contribution is -2.24. The van der Waals surface area contributed by atoms with Gasteiger partial charge in [0.2, 0.25) is 10.0 Å². The molecule has 0 saturated carbocycles. The van der Waals surface area contributed by atoms with Gasteiger partial charge in [-0.3, -0.25) is 0 Å². The van der Waals surface area contributed by atoms with Crippen LogP contribution in [-0.2, 0) is 26.0 Å². The van der Waals surface area contributed by atoms with Crippen LogP contribution in [0.15, 0.2) is 41.3 Å². The number of sulfonamides is 1. The van der Waals surface area contributed by atoms with Crippen LogP contribution in [0.1, 0.15) is 26.3 Å². The smallest absolute Gasteiger partial charge is 0.387 e.